The molecular formula is C15H30N2O2. The Morgan fingerprint density at radius 1 is 1.32 bits per heavy atom. The van der Waals surface area contributed by atoms with Crippen molar-refractivity contribution in [1.29, 1.82) is 0 Å². The fourth-order valence-corrected chi connectivity index (χ4v) is 3.02. The van der Waals surface area contributed by atoms with Crippen molar-refractivity contribution < 1.29 is 9.90 Å². The van der Waals surface area contributed by atoms with E-state index in [-0.39, 0.29) is 6.04 Å². The first kappa shape index (κ1) is 16.4. The fraction of sp³-hybridized carbons (Fsp3) is 0.933. The van der Waals surface area contributed by atoms with Gasteiger partial charge in [-0.3, -0.25) is 4.79 Å². The molecule has 1 aliphatic carbocycles. The predicted molar refractivity (Wildman–Crippen MR) is 78.4 cm³/mol. The summed E-state index contributed by atoms with van der Waals surface area (Å²) in [6, 6.07) is 0.468. The second-order valence-corrected chi connectivity index (χ2v) is 5.92. The van der Waals surface area contributed by atoms with Crippen molar-refractivity contribution in [3.05, 3.63) is 0 Å². The average molecular weight is 270 g/mol. The van der Waals surface area contributed by atoms with Crippen molar-refractivity contribution in [3.8, 4) is 0 Å². The summed E-state index contributed by atoms with van der Waals surface area (Å²) in [5, 5.41) is 12.4. The van der Waals surface area contributed by atoms with E-state index in [1.165, 1.54) is 32.1 Å². The predicted octanol–water partition coefficient (Wildman–Crippen LogP) is 2.48. The van der Waals surface area contributed by atoms with Crippen molar-refractivity contribution in [2.45, 2.75) is 77.4 Å². The van der Waals surface area contributed by atoms with Crippen molar-refractivity contribution in [1.82, 2.24) is 10.2 Å². The zero-order valence-electron chi connectivity index (χ0n) is 12.7. The number of rotatable bonds is 8. The van der Waals surface area contributed by atoms with Crippen molar-refractivity contribution >= 4 is 5.97 Å². The van der Waals surface area contributed by atoms with Gasteiger partial charge in [-0.25, -0.2) is 0 Å². The maximum atomic E-state index is 11.2. The topological polar surface area (TPSA) is 52.6 Å². The first-order chi connectivity index (χ1) is 9.04. The second-order valence-electron chi connectivity index (χ2n) is 5.92. The van der Waals surface area contributed by atoms with Crippen LogP contribution in [0, 0.1) is 0 Å². The third kappa shape index (κ3) is 5.91. The summed E-state index contributed by atoms with van der Waals surface area (Å²) in [4.78, 5) is 13.7. The number of carboxylic acids is 1. The van der Waals surface area contributed by atoms with Gasteiger partial charge in [0.1, 0.15) is 6.04 Å². The van der Waals surface area contributed by atoms with Crippen LogP contribution in [0.15, 0.2) is 0 Å². The van der Waals surface area contributed by atoms with E-state index in [1.807, 2.05) is 13.8 Å². The number of nitrogens with one attached hydrogen (secondary N) is 1. The Labute approximate surface area is 117 Å². The molecule has 0 aromatic heterocycles. The summed E-state index contributed by atoms with van der Waals surface area (Å²) >= 11 is 0. The summed E-state index contributed by atoms with van der Waals surface area (Å²) in [5.74, 6) is -0.728. The molecule has 0 spiro atoms. The van der Waals surface area contributed by atoms with Crippen LogP contribution in [0.25, 0.3) is 0 Å². The van der Waals surface area contributed by atoms with Gasteiger partial charge in [0.25, 0.3) is 0 Å². The minimum atomic E-state index is -0.728. The Morgan fingerprint density at radius 3 is 2.42 bits per heavy atom. The monoisotopic (exact) mass is 270 g/mol. The van der Waals surface area contributed by atoms with Gasteiger partial charge in [-0.05, 0) is 25.8 Å². The van der Waals surface area contributed by atoms with Gasteiger partial charge in [0.05, 0.1) is 0 Å². The van der Waals surface area contributed by atoms with Gasteiger partial charge in [0.15, 0.2) is 0 Å². The van der Waals surface area contributed by atoms with Crippen LogP contribution >= 0.6 is 0 Å². The molecule has 0 amide bonds. The average Bonchev–Trinajstić information content (AvgIpc) is 2.38. The summed E-state index contributed by atoms with van der Waals surface area (Å²) in [6.07, 6.45) is 7.27. The maximum Gasteiger partial charge on any atom is 0.320 e. The van der Waals surface area contributed by atoms with Gasteiger partial charge in [-0.2, -0.15) is 0 Å². The van der Waals surface area contributed by atoms with E-state index < -0.39 is 12.0 Å². The number of hydrogen-bond donors (Lipinski definition) is 2. The van der Waals surface area contributed by atoms with Gasteiger partial charge in [0, 0.05) is 18.6 Å². The van der Waals surface area contributed by atoms with E-state index in [4.69, 9.17) is 0 Å². The second kappa shape index (κ2) is 8.54. The number of nitrogens with zero attached hydrogens (tertiary/aromatic N) is 1. The van der Waals surface area contributed by atoms with E-state index in [2.05, 4.69) is 17.1 Å². The lowest BCUT2D eigenvalue weighted by molar-refractivity contribution is -0.140. The Morgan fingerprint density at radius 2 is 1.95 bits per heavy atom. The molecule has 0 bridgehead atoms. The van der Waals surface area contributed by atoms with Crippen LogP contribution in [0.5, 0.6) is 0 Å². The third-order valence-corrected chi connectivity index (χ3v) is 4.03. The molecule has 1 saturated carbocycles. The molecule has 0 aliphatic heterocycles. The van der Waals surface area contributed by atoms with Crippen molar-refractivity contribution in [3.63, 3.8) is 0 Å². The van der Waals surface area contributed by atoms with Crippen LogP contribution < -0.4 is 5.32 Å². The van der Waals surface area contributed by atoms with Gasteiger partial charge >= 0.3 is 5.97 Å². The van der Waals surface area contributed by atoms with Gasteiger partial charge in [-0.1, -0.05) is 40.0 Å². The Kier molecular flexibility index (Phi) is 7.39. The minimum absolute atomic E-state index is 0.214. The highest BCUT2D eigenvalue weighted by Gasteiger charge is 2.23. The molecule has 1 rings (SSSR count). The SMILES string of the molecule is CCN(CCC(NC(C)C)C(=O)O)C1CCCCC1. The molecule has 0 heterocycles. The van der Waals surface area contributed by atoms with Crippen molar-refractivity contribution in [2.75, 3.05) is 13.1 Å². The van der Waals surface area contributed by atoms with Crippen LogP contribution in [0.2, 0.25) is 0 Å². The van der Waals surface area contributed by atoms with E-state index in [1.54, 1.807) is 0 Å². The molecule has 112 valence electrons. The van der Waals surface area contributed by atoms with Crippen LogP contribution in [0.3, 0.4) is 0 Å². The van der Waals surface area contributed by atoms with Crippen LogP contribution in [-0.4, -0.2) is 47.2 Å². The Bertz CT molecular complexity index is 263. The first-order valence-electron chi connectivity index (χ1n) is 7.77. The highest BCUT2D eigenvalue weighted by atomic mass is 16.4. The number of carboxylic acid groups (broad SMARTS) is 1. The molecule has 19 heavy (non-hydrogen) atoms. The summed E-state index contributed by atoms with van der Waals surface area (Å²) in [6.45, 7) is 8.08. The number of aliphatic carboxylic acids is 1. The summed E-state index contributed by atoms with van der Waals surface area (Å²) in [5.41, 5.74) is 0. The molecule has 1 aliphatic rings. The first-order valence-corrected chi connectivity index (χ1v) is 7.77. The standard InChI is InChI=1S/C15H30N2O2/c1-4-17(13-8-6-5-7-9-13)11-10-14(15(18)19)16-12(2)3/h12-14,16H,4-11H2,1-3H3,(H,18,19). The Balaban J connectivity index is 2.43. The van der Waals surface area contributed by atoms with Crippen molar-refractivity contribution in [2.24, 2.45) is 0 Å². The van der Waals surface area contributed by atoms with Gasteiger partial charge in [0.2, 0.25) is 0 Å². The molecule has 0 aromatic rings. The highest BCUT2D eigenvalue weighted by Crippen LogP contribution is 2.22. The van der Waals surface area contributed by atoms with E-state index in [9.17, 15) is 9.90 Å². The third-order valence-electron chi connectivity index (χ3n) is 4.03. The quantitative estimate of drug-likeness (QED) is 0.711. The van der Waals surface area contributed by atoms with Gasteiger partial charge in [-0.15, -0.1) is 0 Å². The number of hydrogen-bond acceptors (Lipinski definition) is 3. The lowest BCUT2D eigenvalue weighted by Gasteiger charge is -2.34. The van der Waals surface area contributed by atoms with Crippen LogP contribution in [-0.2, 0) is 4.79 Å². The molecule has 1 fully saturated rings. The van der Waals surface area contributed by atoms with Gasteiger partial charge < -0.3 is 15.3 Å². The molecule has 0 aromatic carbocycles. The fourth-order valence-electron chi connectivity index (χ4n) is 3.02. The smallest absolute Gasteiger partial charge is 0.320 e. The summed E-state index contributed by atoms with van der Waals surface area (Å²) in [7, 11) is 0. The maximum absolute atomic E-state index is 11.2. The molecule has 0 radical (unpaired) electrons. The lowest BCUT2D eigenvalue weighted by Crippen LogP contribution is -2.45. The van der Waals surface area contributed by atoms with E-state index in [0.29, 0.717) is 12.5 Å². The minimum Gasteiger partial charge on any atom is -0.480 e. The molecule has 4 heteroatoms. The molecular weight excluding hydrogens is 240 g/mol. The molecule has 1 atom stereocenters. The highest BCUT2D eigenvalue weighted by molar-refractivity contribution is 5.73. The zero-order chi connectivity index (χ0) is 14.3. The molecule has 1 unspecified atom stereocenters. The van der Waals surface area contributed by atoms with Crippen LogP contribution in [0.1, 0.15) is 59.3 Å². The Hall–Kier alpha value is -0.610. The molecule has 4 nitrogen and oxygen atoms in total. The summed E-state index contributed by atoms with van der Waals surface area (Å²) < 4.78 is 0. The normalized spacial score (nSPS) is 19.0. The van der Waals surface area contributed by atoms with Crippen LogP contribution in [0.4, 0.5) is 0 Å². The largest absolute Gasteiger partial charge is 0.480 e. The molecule has 2 N–H and O–H groups in total. The van der Waals surface area contributed by atoms with E-state index >= 15 is 0 Å². The van der Waals surface area contributed by atoms with E-state index in [0.717, 1.165) is 13.1 Å². The molecule has 0 saturated heterocycles. The zero-order valence-corrected chi connectivity index (χ0v) is 12.7. The lowest BCUT2D eigenvalue weighted by atomic mass is 9.94. The number of carbonyl (C=O) groups is 1.